The average molecular weight is 345 g/mol. The molecule has 0 aliphatic rings. The van der Waals surface area contributed by atoms with Gasteiger partial charge in [0.15, 0.2) is 5.76 Å². The van der Waals surface area contributed by atoms with Crippen LogP contribution in [0.25, 0.3) is 11.0 Å². The van der Waals surface area contributed by atoms with Crippen molar-refractivity contribution in [3.8, 4) is 0 Å². The van der Waals surface area contributed by atoms with Gasteiger partial charge >= 0.3 is 0 Å². The van der Waals surface area contributed by atoms with Crippen molar-refractivity contribution in [1.29, 1.82) is 0 Å². The van der Waals surface area contributed by atoms with Crippen LogP contribution in [0.15, 0.2) is 87.9 Å². The minimum Gasteiger partial charge on any atom is -0.459 e. The Kier molecular flexibility index (Phi) is 4.32. The maximum Gasteiger partial charge on any atom is 0.290 e. The normalized spacial score (nSPS) is 12.2. The van der Waals surface area contributed by atoms with Crippen LogP contribution in [0.4, 0.5) is 0 Å². The first-order valence-corrected chi connectivity index (χ1v) is 8.59. The van der Waals surface area contributed by atoms with Crippen LogP contribution in [0.3, 0.4) is 0 Å². The molecule has 2 heterocycles. The van der Waals surface area contributed by atoms with Crippen molar-refractivity contribution in [2.75, 3.05) is 0 Å². The van der Waals surface area contributed by atoms with Gasteiger partial charge in [-0.1, -0.05) is 48.5 Å². The zero-order valence-electron chi connectivity index (χ0n) is 14.5. The molecule has 4 rings (SSSR count). The van der Waals surface area contributed by atoms with E-state index in [-0.39, 0.29) is 11.9 Å². The Morgan fingerprint density at radius 3 is 2.50 bits per heavy atom. The highest BCUT2D eigenvalue weighted by Crippen LogP contribution is 2.27. The summed E-state index contributed by atoms with van der Waals surface area (Å²) in [6.45, 7) is 2.38. The second kappa shape index (κ2) is 6.92. The van der Waals surface area contributed by atoms with Gasteiger partial charge in [0.05, 0.1) is 18.8 Å². The second-order valence-corrected chi connectivity index (χ2v) is 6.25. The highest BCUT2D eigenvalue weighted by atomic mass is 16.3. The van der Waals surface area contributed by atoms with E-state index in [0.717, 1.165) is 22.3 Å². The van der Waals surface area contributed by atoms with Gasteiger partial charge in [0, 0.05) is 5.39 Å². The van der Waals surface area contributed by atoms with Crippen molar-refractivity contribution in [3.05, 3.63) is 96.1 Å². The van der Waals surface area contributed by atoms with Gasteiger partial charge in [-0.25, -0.2) is 0 Å². The van der Waals surface area contributed by atoms with Crippen molar-refractivity contribution < 1.29 is 13.6 Å². The molecule has 0 saturated carbocycles. The first kappa shape index (κ1) is 16.2. The molecule has 130 valence electrons. The van der Waals surface area contributed by atoms with Crippen LogP contribution in [0, 0.1) is 0 Å². The Balaban J connectivity index is 1.68. The molecule has 0 fully saturated rings. The fraction of sp³-hybridized carbons (Fsp3) is 0.136. The molecule has 0 bridgehead atoms. The minimum atomic E-state index is -0.160. The van der Waals surface area contributed by atoms with Crippen LogP contribution in [0.5, 0.6) is 0 Å². The lowest BCUT2D eigenvalue weighted by Gasteiger charge is -2.28. The highest BCUT2D eigenvalue weighted by molar-refractivity contribution is 5.91. The van der Waals surface area contributed by atoms with Gasteiger partial charge in [0.25, 0.3) is 5.91 Å². The van der Waals surface area contributed by atoms with Crippen molar-refractivity contribution in [3.63, 3.8) is 0 Å². The number of furan rings is 2. The molecule has 4 aromatic rings. The summed E-state index contributed by atoms with van der Waals surface area (Å²) in [4.78, 5) is 14.8. The molecular formula is C22H19NO3. The Morgan fingerprint density at radius 1 is 1.00 bits per heavy atom. The van der Waals surface area contributed by atoms with Gasteiger partial charge in [-0.3, -0.25) is 4.79 Å². The molecular weight excluding hydrogens is 326 g/mol. The van der Waals surface area contributed by atoms with E-state index in [4.69, 9.17) is 8.83 Å². The summed E-state index contributed by atoms with van der Waals surface area (Å²) < 4.78 is 11.3. The van der Waals surface area contributed by atoms with Crippen LogP contribution in [-0.2, 0) is 6.54 Å². The molecule has 1 amide bonds. The third kappa shape index (κ3) is 3.14. The highest BCUT2D eigenvalue weighted by Gasteiger charge is 2.26. The molecule has 26 heavy (non-hydrogen) atoms. The first-order valence-electron chi connectivity index (χ1n) is 8.59. The molecule has 4 heteroatoms. The summed E-state index contributed by atoms with van der Waals surface area (Å²) in [6.07, 6.45) is 1.51. The summed E-state index contributed by atoms with van der Waals surface area (Å²) in [6, 6.07) is 23.1. The Labute approximate surface area is 151 Å². The molecule has 0 aliphatic carbocycles. The molecule has 0 aliphatic heterocycles. The van der Waals surface area contributed by atoms with Crippen LogP contribution in [0.1, 0.15) is 34.8 Å². The number of nitrogens with zero attached hydrogens (tertiary/aromatic N) is 1. The van der Waals surface area contributed by atoms with Crippen LogP contribution in [-0.4, -0.2) is 10.8 Å². The van der Waals surface area contributed by atoms with E-state index in [1.165, 1.54) is 6.26 Å². The monoisotopic (exact) mass is 345 g/mol. The largest absolute Gasteiger partial charge is 0.459 e. The molecule has 4 nitrogen and oxygen atoms in total. The second-order valence-electron chi connectivity index (χ2n) is 6.25. The lowest BCUT2D eigenvalue weighted by Crippen LogP contribution is -2.32. The van der Waals surface area contributed by atoms with Crippen LogP contribution >= 0.6 is 0 Å². The smallest absolute Gasteiger partial charge is 0.290 e. The van der Waals surface area contributed by atoms with E-state index >= 15 is 0 Å². The van der Waals surface area contributed by atoms with E-state index in [1.807, 2.05) is 67.6 Å². The van der Waals surface area contributed by atoms with Crippen molar-refractivity contribution in [2.45, 2.75) is 19.5 Å². The summed E-state index contributed by atoms with van der Waals surface area (Å²) in [5, 5.41) is 1.03. The van der Waals surface area contributed by atoms with E-state index in [0.29, 0.717) is 12.3 Å². The quantitative estimate of drug-likeness (QED) is 0.484. The zero-order chi connectivity index (χ0) is 17.9. The molecule has 0 N–H and O–H groups in total. The Bertz CT molecular complexity index is 969. The number of benzene rings is 2. The molecule has 0 spiro atoms. The summed E-state index contributed by atoms with van der Waals surface area (Å²) in [5.41, 5.74) is 1.88. The van der Waals surface area contributed by atoms with E-state index in [1.54, 1.807) is 17.0 Å². The Hall–Kier alpha value is -3.27. The predicted octanol–water partition coefficient (Wildman–Crippen LogP) is 5.43. The number of hydrogen-bond donors (Lipinski definition) is 0. The lowest BCUT2D eigenvalue weighted by molar-refractivity contribution is 0.0627. The van der Waals surface area contributed by atoms with Crippen molar-refractivity contribution in [2.24, 2.45) is 0 Å². The number of carbonyl (C=O) groups excluding carboxylic acids is 1. The molecule has 0 radical (unpaired) electrons. The molecule has 0 saturated heterocycles. The van der Waals surface area contributed by atoms with Gasteiger partial charge in [-0.2, -0.15) is 0 Å². The number of rotatable bonds is 5. The van der Waals surface area contributed by atoms with Gasteiger partial charge < -0.3 is 13.7 Å². The summed E-state index contributed by atoms with van der Waals surface area (Å²) in [7, 11) is 0. The molecule has 1 atom stereocenters. The standard InChI is InChI=1S/C22H19NO3/c1-16(17-8-3-2-4-9-17)23(22(24)21-12-7-13-25-21)15-19-14-18-10-5-6-11-20(18)26-19/h2-14,16H,15H2,1H3/t16-/m1/s1. The molecule has 2 aromatic heterocycles. The maximum atomic E-state index is 13.0. The van der Waals surface area contributed by atoms with Crippen LogP contribution < -0.4 is 0 Å². The van der Waals surface area contributed by atoms with E-state index in [9.17, 15) is 4.79 Å². The van der Waals surface area contributed by atoms with E-state index < -0.39 is 0 Å². The van der Waals surface area contributed by atoms with Gasteiger partial charge in [-0.15, -0.1) is 0 Å². The first-order chi connectivity index (χ1) is 12.7. The SMILES string of the molecule is C[C@H](c1ccccc1)N(Cc1cc2ccccc2o1)C(=O)c1ccco1. The fourth-order valence-electron chi connectivity index (χ4n) is 3.12. The predicted molar refractivity (Wildman–Crippen MR) is 99.7 cm³/mol. The lowest BCUT2D eigenvalue weighted by atomic mass is 10.1. The van der Waals surface area contributed by atoms with Gasteiger partial charge in [0.2, 0.25) is 0 Å². The average Bonchev–Trinajstić information content (AvgIpc) is 3.35. The summed E-state index contributed by atoms with van der Waals surface area (Å²) >= 11 is 0. The number of para-hydroxylation sites is 1. The minimum absolute atomic E-state index is 0.123. The number of hydrogen-bond acceptors (Lipinski definition) is 3. The molecule has 0 unspecified atom stereocenters. The summed E-state index contributed by atoms with van der Waals surface area (Å²) in [5.74, 6) is 0.907. The molecule has 2 aromatic carbocycles. The van der Waals surface area contributed by atoms with Crippen LogP contribution in [0.2, 0.25) is 0 Å². The van der Waals surface area contributed by atoms with Gasteiger partial charge in [0.1, 0.15) is 11.3 Å². The zero-order valence-corrected chi connectivity index (χ0v) is 14.5. The number of amides is 1. The van der Waals surface area contributed by atoms with Gasteiger partial charge in [-0.05, 0) is 36.8 Å². The fourth-order valence-corrected chi connectivity index (χ4v) is 3.12. The van der Waals surface area contributed by atoms with Crippen molar-refractivity contribution >= 4 is 16.9 Å². The number of fused-ring (bicyclic) bond motifs is 1. The Morgan fingerprint density at radius 2 is 1.77 bits per heavy atom. The van der Waals surface area contributed by atoms with E-state index in [2.05, 4.69) is 0 Å². The van der Waals surface area contributed by atoms with Crippen molar-refractivity contribution in [1.82, 2.24) is 4.90 Å². The third-order valence-corrected chi connectivity index (χ3v) is 4.55. The topological polar surface area (TPSA) is 46.6 Å². The maximum absolute atomic E-state index is 13.0. The third-order valence-electron chi connectivity index (χ3n) is 4.55. The number of carbonyl (C=O) groups is 1.